The molecule has 1 aromatic heterocycles. The van der Waals surface area contributed by atoms with Gasteiger partial charge < -0.3 is 10.6 Å². The average Bonchev–Trinajstić information content (AvgIpc) is 2.46. The van der Waals surface area contributed by atoms with Gasteiger partial charge in [-0.15, -0.1) is 24.8 Å². The molecule has 0 aliphatic carbocycles. The second-order valence-electron chi connectivity index (χ2n) is 5.16. The third-order valence-electron chi connectivity index (χ3n) is 3.60. The van der Waals surface area contributed by atoms with Crippen molar-refractivity contribution in [1.29, 1.82) is 0 Å². The van der Waals surface area contributed by atoms with Gasteiger partial charge in [0.2, 0.25) is 0 Å². The number of amides is 1. The Morgan fingerprint density at radius 3 is 2.43 bits per heavy atom. The number of halogens is 2. The van der Waals surface area contributed by atoms with Crippen molar-refractivity contribution in [3.63, 3.8) is 0 Å². The van der Waals surface area contributed by atoms with Crippen LogP contribution in [-0.4, -0.2) is 52.9 Å². The maximum absolute atomic E-state index is 12.4. The van der Waals surface area contributed by atoms with Crippen LogP contribution >= 0.6 is 24.8 Å². The topological polar surface area (TPSA) is 62.5 Å². The molecule has 120 valence electrons. The van der Waals surface area contributed by atoms with Crippen LogP contribution in [0.4, 0.5) is 0 Å². The minimum absolute atomic E-state index is 0. The quantitative estimate of drug-likeness (QED) is 0.910. The van der Waals surface area contributed by atoms with E-state index in [0.29, 0.717) is 18.2 Å². The molecule has 0 unspecified atom stereocenters. The fourth-order valence-electron chi connectivity index (χ4n) is 2.35. The molecule has 1 aromatic rings. The predicted octanol–water partition coefficient (Wildman–Crippen LogP) is 1.55. The van der Waals surface area contributed by atoms with Crippen LogP contribution < -0.4 is 5.73 Å². The van der Waals surface area contributed by atoms with Gasteiger partial charge in [0, 0.05) is 50.5 Å². The minimum atomic E-state index is 0. The van der Waals surface area contributed by atoms with E-state index in [-0.39, 0.29) is 30.7 Å². The Kier molecular flexibility index (Phi) is 8.82. The van der Waals surface area contributed by atoms with E-state index in [1.54, 1.807) is 18.3 Å². The molecule has 0 atom stereocenters. The van der Waals surface area contributed by atoms with E-state index in [0.717, 1.165) is 31.9 Å². The van der Waals surface area contributed by atoms with Crippen LogP contribution in [0, 0.1) is 0 Å². The number of aromatic nitrogens is 1. The Hall–Kier alpha value is -0.880. The van der Waals surface area contributed by atoms with Crippen molar-refractivity contribution in [2.24, 2.45) is 5.73 Å². The summed E-state index contributed by atoms with van der Waals surface area (Å²) < 4.78 is 0. The normalized spacial score (nSPS) is 15.3. The van der Waals surface area contributed by atoms with E-state index in [4.69, 9.17) is 5.73 Å². The number of nitrogens with two attached hydrogens (primary N) is 1. The molecule has 0 spiro atoms. The van der Waals surface area contributed by atoms with E-state index in [1.165, 1.54) is 0 Å². The average molecular weight is 335 g/mol. The second kappa shape index (κ2) is 9.20. The molecule has 1 aliphatic rings. The van der Waals surface area contributed by atoms with Crippen molar-refractivity contribution in [2.75, 3.05) is 26.2 Å². The Labute approximate surface area is 138 Å². The molecule has 0 saturated carbocycles. The Balaban J connectivity index is 0.00000200. The number of carbonyl (C=O) groups excluding carboxylic acids is 1. The lowest BCUT2D eigenvalue weighted by Gasteiger charge is -2.37. The van der Waals surface area contributed by atoms with Gasteiger partial charge in [0.15, 0.2) is 0 Å². The van der Waals surface area contributed by atoms with Crippen molar-refractivity contribution in [3.8, 4) is 0 Å². The molecule has 2 N–H and O–H groups in total. The van der Waals surface area contributed by atoms with Gasteiger partial charge in [0.1, 0.15) is 0 Å². The maximum Gasteiger partial charge on any atom is 0.254 e. The Morgan fingerprint density at radius 1 is 1.29 bits per heavy atom. The molecule has 1 amide bonds. The van der Waals surface area contributed by atoms with Gasteiger partial charge in [0.05, 0.1) is 5.69 Å². The molecule has 0 bridgehead atoms. The molecule has 1 saturated heterocycles. The highest BCUT2D eigenvalue weighted by atomic mass is 35.5. The fourth-order valence-corrected chi connectivity index (χ4v) is 2.35. The van der Waals surface area contributed by atoms with Crippen molar-refractivity contribution >= 4 is 30.7 Å². The zero-order valence-corrected chi connectivity index (χ0v) is 14.1. The van der Waals surface area contributed by atoms with Crippen LogP contribution in [-0.2, 0) is 6.54 Å². The van der Waals surface area contributed by atoms with Gasteiger partial charge in [-0.2, -0.15) is 0 Å². The standard InChI is InChI=1S/C14H22N4O.2ClH/c1-11(2)17-5-7-18(8-6-17)14(19)12-3-4-16-13(9-12)10-15;;/h3-4,9,11H,5-8,10,15H2,1-2H3;2*1H. The van der Waals surface area contributed by atoms with E-state index in [1.807, 2.05) is 4.90 Å². The molecular weight excluding hydrogens is 311 g/mol. The summed E-state index contributed by atoms with van der Waals surface area (Å²) in [5.74, 6) is 0.0838. The van der Waals surface area contributed by atoms with Gasteiger partial charge >= 0.3 is 0 Å². The number of hydrogen-bond donors (Lipinski definition) is 1. The number of rotatable bonds is 3. The Morgan fingerprint density at radius 2 is 1.90 bits per heavy atom. The summed E-state index contributed by atoms with van der Waals surface area (Å²) in [6.45, 7) is 8.20. The summed E-state index contributed by atoms with van der Waals surface area (Å²) in [5, 5.41) is 0. The van der Waals surface area contributed by atoms with Crippen LogP contribution in [0.15, 0.2) is 18.3 Å². The van der Waals surface area contributed by atoms with Gasteiger partial charge in [-0.3, -0.25) is 14.7 Å². The van der Waals surface area contributed by atoms with Crippen molar-refractivity contribution in [2.45, 2.75) is 26.4 Å². The summed E-state index contributed by atoms with van der Waals surface area (Å²) in [6, 6.07) is 4.09. The first kappa shape index (κ1) is 20.1. The predicted molar refractivity (Wildman–Crippen MR) is 89.2 cm³/mol. The zero-order valence-electron chi connectivity index (χ0n) is 12.5. The SMILES string of the molecule is CC(C)N1CCN(C(=O)c2ccnc(CN)c2)CC1.Cl.Cl. The van der Waals surface area contributed by atoms with Crippen LogP contribution in [0.1, 0.15) is 29.9 Å². The van der Waals surface area contributed by atoms with E-state index in [9.17, 15) is 4.79 Å². The van der Waals surface area contributed by atoms with E-state index in [2.05, 4.69) is 23.7 Å². The highest BCUT2D eigenvalue weighted by Gasteiger charge is 2.23. The van der Waals surface area contributed by atoms with Crippen LogP contribution in [0.25, 0.3) is 0 Å². The number of hydrogen-bond acceptors (Lipinski definition) is 4. The molecule has 7 heteroatoms. The second-order valence-corrected chi connectivity index (χ2v) is 5.16. The molecule has 0 aromatic carbocycles. The van der Waals surface area contributed by atoms with Crippen molar-refractivity contribution in [1.82, 2.24) is 14.8 Å². The van der Waals surface area contributed by atoms with Crippen LogP contribution in [0.2, 0.25) is 0 Å². The molecule has 5 nitrogen and oxygen atoms in total. The highest BCUT2D eigenvalue weighted by molar-refractivity contribution is 5.94. The summed E-state index contributed by atoms with van der Waals surface area (Å²) in [4.78, 5) is 20.8. The summed E-state index contributed by atoms with van der Waals surface area (Å²) in [6.07, 6.45) is 1.65. The van der Waals surface area contributed by atoms with Crippen molar-refractivity contribution in [3.05, 3.63) is 29.6 Å². The molecule has 21 heavy (non-hydrogen) atoms. The lowest BCUT2D eigenvalue weighted by atomic mass is 10.1. The number of piperazine rings is 1. The largest absolute Gasteiger partial charge is 0.336 e. The molecule has 0 radical (unpaired) electrons. The monoisotopic (exact) mass is 334 g/mol. The van der Waals surface area contributed by atoms with Gasteiger partial charge in [0.25, 0.3) is 5.91 Å². The van der Waals surface area contributed by atoms with E-state index < -0.39 is 0 Å². The summed E-state index contributed by atoms with van der Waals surface area (Å²) in [7, 11) is 0. The fraction of sp³-hybridized carbons (Fsp3) is 0.571. The van der Waals surface area contributed by atoms with Gasteiger partial charge in [-0.05, 0) is 26.0 Å². The lowest BCUT2D eigenvalue weighted by molar-refractivity contribution is 0.0595. The summed E-state index contributed by atoms with van der Waals surface area (Å²) in [5.41, 5.74) is 7.00. The minimum Gasteiger partial charge on any atom is -0.336 e. The van der Waals surface area contributed by atoms with E-state index >= 15 is 0 Å². The Bertz CT molecular complexity index is 448. The number of carbonyl (C=O) groups is 1. The highest BCUT2D eigenvalue weighted by Crippen LogP contribution is 2.11. The third kappa shape index (κ3) is 5.11. The molecule has 2 rings (SSSR count). The molecule has 2 heterocycles. The van der Waals surface area contributed by atoms with Gasteiger partial charge in [-0.1, -0.05) is 0 Å². The first-order chi connectivity index (χ1) is 9.11. The third-order valence-corrected chi connectivity index (χ3v) is 3.60. The summed E-state index contributed by atoms with van der Waals surface area (Å²) >= 11 is 0. The lowest BCUT2D eigenvalue weighted by Crippen LogP contribution is -2.50. The zero-order chi connectivity index (χ0) is 13.8. The first-order valence-corrected chi connectivity index (χ1v) is 6.80. The maximum atomic E-state index is 12.4. The first-order valence-electron chi connectivity index (χ1n) is 6.80. The number of pyridine rings is 1. The van der Waals surface area contributed by atoms with Gasteiger partial charge in [-0.25, -0.2) is 0 Å². The molecule has 1 aliphatic heterocycles. The van der Waals surface area contributed by atoms with Crippen LogP contribution in [0.3, 0.4) is 0 Å². The van der Waals surface area contributed by atoms with Crippen molar-refractivity contribution < 1.29 is 4.79 Å². The molecule has 1 fully saturated rings. The smallest absolute Gasteiger partial charge is 0.254 e. The number of nitrogens with zero attached hydrogens (tertiary/aromatic N) is 3. The molecular formula is C14H24Cl2N4O. The van der Waals surface area contributed by atoms with Crippen LogP contribution in [0.5, 0.6) is 0 Å².